The maximum Gasteiger partial charge on any atom is 0.0914 e. The van der Waals surface area contributed by atoms with E-state index in [0.717, 1.165) is 18.4 Å². The van der Waals surface area contributed by atoms with Crippen LogP contribution in [0.1, 0.15) is 49.5 Å². The molecule has 3 nitrogen and oxygen atoms in total. The Morgan fingerprint density at radius 3 is 2.35 bits per heavy atom. The van der Waals surface area contributed by atoms with Crippen LogP contribution >= 0.6 is 0 Å². The van der Waals surface area contributed by atoms with E-state index in [0.29, 0.717) is 24.8 Å². The molecule has 1 atom stereocenters. The standard InChI is InChI=1S/C17H27NO2/c1-11(2)20-16-8-15(9-16)18-10-17(19)14-6-12(3)5-13(4)7-14/h5-7,11,15-19H,8-10H2,1-4H3. The minimum Gasteiger partial charge on any atom is -0.387 e. The van der Waals surface area contributed by atoms with Crippen LogP contribution in [0.5, 0.6) is 0 Å². The number of benzene rings is 1. The van der Waals surface area contributed by atoms with Gasteiger partial charge in [-0.25, -0.2) is 0 Å². The maximum atomic E-state index is 10.3. The van der Waals surface area contributed by atoms with Gasteiger partial charge in [-0.1, -0.05) is 29.3 Å². The predicted molar refractivity (Wildman–Crippen MR) is 81.9 cm³/mol. The summed E-state index contributed by atoms with van der Waals surface area (Å²) in [6.07, 6.45) is 2.38. The summed E-state index contributed by atoms with van der Waals surface area (Å²) in [7, 11) is 0. The van der Waals surface area contributed by atoms with Crippen molar-refractivity contribution in [2.75, 3.05) is 6.54 Å². The molecule has 1 aliphatic rings. The number of ether oxygens (including phenoxy) is 1. The molecule has 1 aliphatic carbocycles. The van der Waals surface area contributed by atoms with E-state index in [4.69, 9.17) is 4.74 Å². The fourth-order valence-electron chi connectivity index (χ4n) is 2.83. The van der Waals surface area contributed by atoms with Crippen LogP contribution in [-0.2, 0) is 4.74 Å². The summed E-state index contributed by atoms with van der Waals surface area (Å²) in [5.74, 6) is 0. The molecule has 1 aromatic carbocycles. The fourth-order valence-corrected chi connectivity index (χ4v) is 2.83. The second-order valence-corrected chi connectivity index (χ2v) is 6.32. The Hall–Kier alpha value is -0.900. The fraction of sp³-hybridized carbons (Fsp3) is 0.647. The van der Waals surface area contributed by atoms with Crippen LogP contribution in [0, 0.1) is 13.8 Å². The molecule has 0 radical (unpaired) electrons. The molecule has 0 saturated heterocycles. The van der Waals surface area contributed by atoms with Gasteiger partial charge in [0.2, 0.25) is 0 Å². The van der Waals surface area contributed by atoms with E-state index in [-0.39, 0.29) is 0 Å². The molecule has 0 aliphatic heterocycles. The molecule has 2 rings (SSSR count). The highest BCUT2D eigenvalue weighted by atomic mass is 16.5. The van der Waals surface area contributed by atoms with Gasteiger partial charge in [-0.2, -0.15) is 0 Å². The number of rotatable bonds is 6. The van der Waals surface area contributed by atoms with Gasteiger partial charge in [0.25, 0.3) is 0 Å². The number of aliphatic hydroxyl groups excluding tert-OH is 1. The van der Waals surface area contributed by atoms with E-state index in [2.05, 4.69) is 51.2 Å². The molecular formula is C17H27NO2. The first-order valence-corrected chi connectivity index (χ1v) is 7.59. The molecule has 112 valence electrons. The van der Waals surface area contributed by atoms with Gasteiger partial charge in [0.05, 0.1) is 18.3 Å². The summed E-state index contributed by atoms with van der Waals surface area (Å²) in [4.78, 5) is 0. The summed E-state index contributed by atoms with van der Waals surface area (Å²) < 4.78 is 5.74. The Morgan fingerprint density at radius 1 is 1.20 bits per heavy atom. The van der Waals surface area contributed by atoms with Crippen LogP contribution in [0.15, 0.2) is 18.2 Å². The zero-order valence-electron chi connectivity index (χ0n) is 13.0. The van der Waals surface area contributed by atoms with Crippen molar-refractivity contribution in [1.29, 1.82) is 0 Å². The number of hydrogen-bond acceptors (Lipinski definition) is 3. The normalized spacial score (nSPS) is 23.7. The Kier molecular flexibility index (Phi) is 5.19. The molecular weight excluding hydrogens is 250 g/mol. The predicted octanol–water partition coefficient (Wildman–Crippen LogP) is 2.88. The average Bonchev–Trinajstić information content (AvgIpc) is 2.29. The summed E-state index contributed by atoms with van der Waals surface area (Å²) in [5.41, 5.74) is 3.41. The molecule has 3 heteroatoms. The zero-order valence-corrected chi connectivity index (χ0v) is 13.0. The van der Waals surface area contributed by atoms with Crippen molar-refractivity contribution in [3.05, 3.63) is 34.9 Å². The highest BCUT2D eigenvalue weighted by molar-refractivity contribution is 5.30. The summed E-state index contributed by atoms with van der Waals surface area (Å²) >= 11 is 0. The van der Waals surface area contributed by atoms with Crippen molar-refractivity contribution in [3.8, 4) is 0 Å². The van der Waals surface area contributed by atoms with Gasteiger partial charge < -0.3 is 15.2 Å². The van der Waals surface area contributed by atoms with E-state index in [9.17, 15) is 5.11 Å². The number of aliphatic hydroxyl groups is 1. The van der Waals surface area contributed by atoms with Gasteiger partial charge in [-0.15, -0.1) is 0 Å². The Morgan fingerprint density at radius 2 is 1.80 bits per heavy atom. The van der Waals surface area contributed by atoms with Gasteiger partial charge in [0.1, 0.15) is 0 Å². The van der Waals surface area contributed by atoms with E-state index in [1.165, 1.54) is 11.1 Å². The first kappa shape index (κ1) is 15.5. The Bertz CT molecular complexity index is 418. The maximum absolute atomic E-state index is 10.3. The molecule has 0 heterocycles. The third-order valence-corrected chi connectivity index (χ3v) is 3.79. The van der Waals surface area contributed by atoms with Gasteiger partial charge in [-0.3, -0.25) is 0 Å². The molecule has 2 N–H and O–H groups in total. The van der Waals surface area contributed by atoms with E-state index >= 15 is 0 Å². The minimum atomic E-state index is -0.432. The van der Waals surface area contributed by atoms with Gasteiger partial charge in [-0.05, 0) is 46.1 Å². The molecule has 0 aromatic heterocycles. The lowest BCUT2D eigenvalue weighted by molar-refractivity contribution is -0.0511. The van der Waals surface area contributed by atoms with Crippen LogP contribution in [0.25, 0.3) is 0 Å². The highest BCUT2D eigenvalue weighted by Crippen LogP contribution is 2.25. The van der Waals surface area contributed by atoms with Crippen molar-refractivity contribution < 1.29 is 9.84 Å². The largest absolute Gasteiger partial charge is 0.387 e. The second-order valence-electron chi connectivity index (χ2n) is 6.32. The molecule has 20 heavy (non-hydrogen) atoms. The third kappa shape index (κ3) is 4.30. The molecule has 0 amide bonds. The van der Waals surface area contributed by atoms with Crippen molar-refractivity contribution in [2.24, 2.45) is 0 Å². The molecule has 1 fully saturated rings. The number of aryl methyl sites for hydroxylation is 2. The highest BCUT2D eigenvalue weighted by Gasteiger charge is 2.30. The molecule has 0 bridgehead atoms. The van der Waals surface area contributed by atoms with Crippen molar-refractivity contribution in [1.82, 2.24) is 5.32 Å². The Labute approximate surface area is 122 Å². The van der Waals surface area contributed by atoms with Gasteiger partial charge in [0.15, 0.2) is 0 Å². The van der Waals surface area contributed by atoms with Crippen molar-refractivity contribution >= 4 is 0 Å². The molecule has 1 aromatic rings. The number of hydrogen-bond donors (Lipinski definition) is 2. The van der Waals surface area contributed by atoms with Crippen LogP contribution in [0.4, 0.5) is 0 Å². The molecule has 1 saturated carbocycles. The molecule has 1 unspecified atom stereocenters. The number of nitrogens with one attached hydrogen (secondary N) is 1. The van der Waals surface area contributed by atoms with E-state index in [1.54, 1.807) is 0 Å². The monoisotopic (exact) mass is 277 g/mol. The zero-order chi connectivity index (χ0) is 14.7. The van der Waals surface area contributed by atoms with E-state index in [1.807, 2.05) is 0 Å². The van der Waals surface area contributed by atoms with Crippen molar-refractivity contribution in [3.63, 3.8) is 0 Å². The second kappa shape index (κ2) is 6.70. The molecule has 0 spiro atoms. The quantitative estimate of drug-likeness (QED) is 0.840. The minimum absolute atomic E-state index is 0.307. The van der Waals surface area contributed by atoms with Crippen LogP contribution in [0.3, 0.4) is 0 Å². The first-order chi connectivity index (χ1) is 9.44. The van der Waals surface area contributed by atoms with Crippen molar-refractivity contribution in [2.45, 2.75) is 64.9 Å². The van der Waals surface area contributed by atoms with Gasteiger partial charge >= 0.3 is 0 Å². The van der Waals surface area contributed by atoms with E-state index < -0.39 is 6.10 Å². The van der Waals surface area contributed by atoms with Crippen LogP contribution < -0.4 is 5.32 Å². The smallest absolute Gasteiger partial charge is 0.0914 e. The lowest BCUT2D eigenvalue weighted by Gasteiger charge is -2.37. The first-order valence-electron chi connectivity index (χ1n) is 7.59. The SMILES string of the molecule is Cc1cc(C)cc(C(O)CNC2CC(OC(C)C)C2)c1. The lowest BCUT2D eigenvalue weighted by Crippen LogP contribution is -2.47. The summed E-state index contributed by atoms with van der Waals surface area (Å²) in [6, 6.07) is 6.73. The van der Waals surface area contributed by atoms with Gasteiger partial charge in [0, 0.05) is 12.6 Å². The van der Waals surface area contributed by atoms with Crippen LogP contribution in [0.2, 0.25) is 0 Å². The lowest BCUT2D eigenvalue weighted by atomic mass is 9.89. The van der Waals surface area contributed by atoms with Crippen LogP contribution in [-0.4, -0.2) is 29.9 Å². The average molecular weight is 277 g/mol. The third-order valence-electron chi connectivity index (χ3n) is 3.79. The Balaban J connectivity index is 1.75. The topological polar surface area (TPSA) is 41.5 Å². The summed E-state index contributed by atoms with van der Waals surface area (Å²) in [5, 5.41) is 13.7. The summed E-state index contributed by atoms with van der Waals surface area (Å²) in [6.45, 7) is 8.89.